The molecule has 5 heteroatoms. The van der Waals surface area contributed by atoms with Crippen molar-refractivity contribution in [3.05, 3.63) is 35.5 Å². The molecule has 0 amide bonds. The first-order chi connectivity index (χ1) is 9.04. The highest BCUT2D eigenvalue weighted by atomic mass is 32.2. The van der Waals surface area contributed by atoms with E-state index in [4.69, 9.17) is 0 Å². The molecule has 19 heavy (non-hydrogen) atoms. The van der Waals surface area contributed by atoms with Crippen LogP contribution in [0.15, 0.2) is 39.9 Å². The maximum Gasteiger partial charge on any atom is 0.175 e. The van der Waals surface area contributed by atoms with Gasteiger partial charge in [-0.3, -0.25) is 4.99 Å². The van der Waals surface area contributed by atoms with Crippen LogP contribution < -0.4 is 4.90 Å². The largest absolute Gasteiger partial charge is 0.365 e. The molecule has 0 atom stereocenters. The van der Waals surface area contributed by atoms with E-state index in [1.54, 1.807) is 12.1 Å². The number of hydrogen-bond donors (Lipinski definition) is 0. The second-order valence-electron chi connectivity index (χ2n) is 4.98. The van der Waals surface area contributed by atoms with Gasteiger partial charge in [0.2, 0.25) is 0 Å². The van der Waals surface area contributed by atoms with Crippen molar-refractivity contribution < 1.29 is 8.42 Å². The van der Waals surface area contributed by atoms with Crippen LogP contribution in [-0.2, 0) is 16.3 Å². The van der Waals surface area contributed by atoms with Gasteiger partial charge in [-0.2, -0.15) is 0 Å². The van der Waals surface area contributed by atoms with Crippen LogP contribution in [0, 0.1) is 0 Å². The van der Waals surface area contributed by atoms with Crippen molar-refractivity contribution in [3.8, 4) is 0 Å². The molecule has 2 aliphatic heterocycles. The van der Waals surface area contributed by atoms with E-state index in [0.717, 1.165) is 37.3 Å². The van der Waals surface area contributed by atoms with Gasteiger partial charge < -0.3 is 4.90 Å². The molecule has 1 aromatic carbocycles. The summed E-state index contributed by atoms with van der Waals surface area (Å²) in [6, 6.07) is 5.42. The Morgan fingerprint density at radius 1 is 1.37 bits per heavy atom. The van der Waals surface area contributed by atoms with E-state index in [-0.39, 0.29) is 0 Å². The van der Waals surface area contributed by atoms with E-state index in [0.29, 0.717) is 4.90 Å². The van der Waals surface area contributed by atoms with Gasteiger partial charge in [0.25, 0.3) is 0 Å². The quantitative estimate of drug-likeness (QED) is 0.846. The molecule has 0 unspecified atom stereocenters. The minimum absolute atomic E-state index is 0.391. The van der Waals surface area contributed by atoms with E-state index in [2.05, 4.69) is 16.0 Å². The summed E-state index contributed by atoms with van der Waals surface area (Å²) in [6.45, 7) is 1.69. The highest BCUT2D eigenvalue weighted by Crippen LogP contribution is 2.31. The zero-order valence-electron chi connectivity index (χ0n) is 10.8. The van der Waals surface area contributed by atoms with Crippen molar-refractivity contribution in [2.24, 2.45) is 4.99 Å². The van der Waals surface area contributed by atoms with Crippen LogP contribution in [0.25, 0.3) is 0 Å². The summed E-state index contributed by atoms with van der Waals surface area (Å²) in [5.74, 6) is 0. The lowest BCUT2D eigenvalue weighted by atomic mass is 10.2. The molecule has 3 rings (SSSR count). The number of benzene rings is 1. The molecule has 0 aliphatic carbocycles. The number of hydrogen-bond acceptors (Lipinski definition) is 4. The lowest BCUT2D eigenvalue weighted by Crippen LogP contribution is -2.22. The average molecular weight is 276 g/mol. The molecule has 0 spiro atoms. The Bertz CT molecular complexity index is 675. The Morgan fingerprint density at radius 2 is 2.21 bits per heavy atom. The van der Waals surface area contributed by atoms with Crippen molar-refractivity contribution in [3.63, 3.8) is 0 Å². The lowest BCUT2D eigenvalue weighted by Gasteiger charge is -2.19. The molecule has 0 fully saturated rings. The van der Waals surface area contributed by atoms with E-state index < -0.39 is 9.84 Å². The summed E-state index contributed by atoms with van der Waals surface area (Å²) < 4.78 is 23.3. The second kappa shape index (κ2) is 4.49. The SMILES string of the molecule is CS(=O)(=O)c1ccc2c(c1)N(CC1=CCC=N1)CC2. The van der Waals surface area contributed by atoms with Crippen LogP contribution in [0.3, 0.4) is 0 Å². The minimum Gasteiger partial charge on any atom is -0.365 e. The molecular weight excluding hydrogens is 260 g/mol. The molecule has 0 saturated carbocycles. The highest BCUT2D eigenvalue weighted by Gasteiger charge is 2.22. The van der Waals surface area contributed by atoms with Gasteiger partial charge in [-0.05, 0) is 24.1 Å². The molecule has 4 nitrogen and oxygen atoms in total. The number of nitrogens with zero attached hydrogens (tertiary/aromatic N) is 2. The molecule has 0 aromatic heterocycles. The number of anilines is 1. The van der Waals surface area contributed by atoms with Gasteiger partial charge in [0.15, 0.2) is 9.84 Å². The fraction of sp³-hybridized carbons (Fsp3) is 0.357. The summed E-state index contributed by atoms with van der Waals surface area (Å²) in [7, 11) is -3.15. The van der Waals surface area contributed by atoms with Crippen molar-refractivity contribution in [2.75, 3.05) is 24.2 Å². The summed E-state index contributed by atoms with van der Waals surface area (Å²) in [4.78, 5) is 6.92. The van der Waals surface area contributed by atoms with Crippen LogP contribution >= 0.6 is 0 Å². The van der Waals surface area contributed by atoms with E-state index >= 15 is 0 Å². The van der Waals surface area contributed by atoms with Gasteiger partial charge in [0, 0.05) is 31.1 Å². The molecule has 1 aromatic rings. The zero-order chi connectivity index (χ0) is 13.5. The van der Waals surface area contributed by atoms with Gasteiger partial charge >= 0.3 is 0 Å². The van der Waals surface area contributed by atoms with E-state index in [1.165, 1.54) is 11.8 Å². The van der Waals surface area contributed by atoms with Crippen LogP contribution in [0.4, 0.5) is 5.69 Å². The van der Waals surface area contributed by atoms with Crippen molar-refractivity contribution >= 4 is 21.7 Å². The molecule has 100 valence electrons. The van der Waals surface area contributed by atoms with Gasteiger partial charge in [0.1, 0.15) is 0 Å². The lowest BCUT2D eigenvalue weighted by molar-refractivity contribution is 0.602. The van der Waals surface area contributed by atoms with Crippen molar-refractivity contribution in [1.29, 1.82) is 0 Å². The first kappa shape index (κ1) is 12.4. The smallest absolute Gasteiger partial charge is 0.175 e. The molecular formula is C14H16N2O2S. The monoisotopic (exact) mass is 276 g/mol. The number of sulfone groups is 1. The molecule has 2 aliphatic rings. The first-order valence-electron chi connectivity index (χ1n) is 6.33. The van der Waals surface area contributed by atoms with Gasteiger partial charge in [0.05, 0.1) is 17.1 Å². The summed E-state index contributed by atoms with van der Waals surface area (Å²) in [6.07, 6.45) is 7.13. The standard InChI is InChI=1S/C14H16N2O2S/c1-19(17,18)13-5-4-11-6-8-16(14(11)9-13)10-12-3-2-7-15-12/h3-5,7,9H,2,6,8,10H2,1H3. The van der Waals surface area contributed by atoms with Crippen LogP contribution in [0.2, 0.25) is 0 Å². The number of aliphatic imine (C=N–C) groups is 1. The third-order valence-electron chi connectivity index (χ3n) is 3.55. The topological polar surface area (TPSA) is 49.7 Å². The number of allylic oxidation sites excluding steroid dienone is 1. The van der Waals surface area contributed by atoms with Crippen molar-refractivity contribution in [2.45, 2.75) is 17.7 Å². The first-order valence-corrected chi connectivity index (χ1v) is 8.23. The third-order valence-corrected chi connectivity index (χ3v) is 4.66. The zero-order valence-corrected chi connectivity index (χ0v) is 11.7. The maximum atomic E-state index is 11.6. The fourth-order valence-electron chi connectivity index (χ4n) is 2.53. The summed E-state index contributed by atoms with van der Waals surface area (Å²) >= 11 is 0. The van der Waals surface area contributed by atoms with E-state index in [1.807, 2.05) is 12.3 Å². The van der Waals surface area contributed by atoms with E-state index in [9.17, 15) is 8.42 Å². The summed E-state index contributed by atoms with van der Waals surface area (Å²) in [5.41, 5.74) is 3.32. The molecule has 0 saturated heterocycles. The fourth-order valence-corrected chi connectivity index (χ4v) is 3.17. The Morgan fingerprint density at radius 3 is 2.89 bits per heavy atom. The van der Waals surface area contributed by atoms with Gasteiger partial charge in [-0.25, -0.2) is 8.42 Å². The molecule has 0 radical (unpaired) electrons. The molecule has 2 heterocycles. The molecule has 0 bridgehead atoms. The van der Waals surface area contributed by atoms with Crippen LogP contribution in [-0.4, -0.2) is 34.0 Å². The predicted molar refractivity (Wildman–Crippen MR) is 76.7 cm³/mol. The third kappa shape index (κ3) is 2.42. The Labute approximate surface area is 113 Å². The maximum absolute atomic E-state index is 11.6. The van der Waals surface area contributed by atoms with Gasteiger partial charge in [-0.1, -0.05) is 12.1 Å². The normalized spacial score (nSPS) is 17.7. The van der Waals surface area contributed by atoms with Crippen LogP contribution in [0.1, 0.15) is 12.0 Å². The number of fused-ring (bicyclic) bond motifs is 1. The average Bonchev–Trinajstić information content (AvgIpc) is 2.98. The van der Waals surface area contributed by atoms with Crippen LogP contribution in [0.5, 0.6) is 0 Å². The molecule has 0 N–H and O–H groups in total. The number of rotatable bonds is 3. The Hall–Kier alpha value is -1.62. The Kier molecular flexibility index (Phi) is 2.93. The predicted octanol–water partition coefficient (Wildman–Crippen LogP) is 1.81. The minimum atomic E-state index is -3.15. The van der Waals surface area contributed by atoms with Gasteiger partial charge in [-0.15, -0.1) is 0 Å². The highest BCUT2D eigenvalue weighted by molar-refractivity contribution is 7.90. The van der Waals surface area contributed by atoms with Crippen molar-refractivity contribution in [1.82, 2.24) is 0 Å². The second-order valence-corrected chi connectivity index (χ2v) is 6.99. The Balaban J connectivity index is 1.92. The summed E-state index contributed by atoms with van der Waals surface area (Å²) in [5, 5.41) is 0.